The molecule has 0 amide bonds. The summed E-state index contributed by atoms with van der Waals surface area (Å²) in [6.45, 7) is 3.88. The van der Waals surface area contributed by atoms with Gasteiger partial charge in [0.25, 0.3) is 0 Å². The van der Waals surface area contributed by atoms with E-state index in [2.05, 4.69) is 39.0 Å². The maximum absolute atomic E-state index is 13.8. The molecule has 0 atom stereocenters. The van der Waals surface area contributed by atoms with Crippen LogP contribution in [0.1, 0.15) is 5.56 Å². The molecule has 8 heteroatoms. The first-order valence-corrected chi connectivity index (χ1v) is 13.4. The van der Waals surface area contributed by atoms with E-state index in [0.29, 0.717) is 35.8 Å². The van der Waals surface area contributed by atoms with Crippen molar-refractivity contribution in [1.29, 1.82) is 0 Å². The van der Waals surface area contributed by atoms with Crippen molar-refractivity contribution in [3.63, 3.8) is 0 Å². The van der Waals surface area contributed by atoms with Crippen LogP contribution in [0.5, 0.6) is 11.5 Å². The molecule has 1 aromatic heterocycles. The molecule has 4 aromatic rings. The number of benzene rings is 3. The van der Waals surface area contributed by atoms with E-state index in [1.807, 2.05) is 18.2 Å². The van der Waals surface area contributed by atoms with Crippen molar-refractivity contribution < 1.29 is 17.9 Å². The fourth-order valence-electron chi connectivity index (χ4n) is 4.71. The maximum Gasteiger partial charge on any atom is 0.210 e. The maximum atomic E-state index is 13.8. The van der Waals surface area contributed by atoms with Gasteiger partial charge in [-0.3, -0.25) is 9.88 Å². The molecule has 1 saturated heterocycles. The Balaban J connectivity index is 1.58. The third kappa shape index (κ3) is 4.62. The van der Waals surface area contributed by atoms with Crippen molar-refractivity contribution in [1.82, 2.24) is 9.88 Å². The zero-order valence-electron chi connectivity index (χ0n) is 20.4. The Kier molecular flexibility index (Phi) is 6.80. The first-order chi connectivity index (χ1) is 17.5. The van der Waals surface area contributed by atoms with E-state index in [1.165, 1.54) is 11.8 Å². The monoisotopic (exact) mass is 503 g/mol. The smallest absolute Gasteiger partial charge is 0.210 e. The highest BCUT2D eigenvalue weighted by atomic mass is 32.2. The largest absolute Gasteiger partial charge is 0.493 e. The van der Waals surface area contributed by atoms with Gasteiger partial charge in [0.2, 0.25) is 9.84 Å². The van der Waals surface area contributed by atoms with Crippen molar-refractivity contribution in [3.05, 3.63) is 84.6 Å². The number of ether oxygens (including phenoxy) is 2. The number of rotatable bonds is 7. The predicted molar refractivity (Wildman–Crippen MR) is 141 cm³/mol. The number of piperazine rings is 1. The molecule has 0 spiro atoms. The van der Waals surface area contributed by atoms with E-state index in [-0.39, 0.29) is 9.79 Å². The minimum absolute atomic E-state index is 0.199. The molecule has 7 nitrogen and oxygen atoms in total. The first kappa shape index (κ1) is 24.1. The molecule has 5 rings (SSSR count). The van der Waals surface area contributed by atoms with Gasteiger partial charge in [0.15, 0.2) is 11.5 Å². The minimum atomic E-state index is -3.80. The molecule has 0 unspecified atom stereocenters. The lowest BCUT2D eigenvalue weighted by Gasteiger charge is -2.37. The standard InChI is InChI=1S/C28H29N3O4S/c1-34-25-17-23-24(18-26(25)35-2)29-19-27(36(32,33)22-11-7-4-8-12-22)28(23)31-15-13-30(14-16-31)20-21-9-5-3-6-10-21/h3-12,17-19H,13-16,20H2,1-2H3. The second-order valence-electron chi connectivity index (χ2n) is 8.76. The lowest BCUT2D eigenvalue weighted by atomic mass is 10.1. The van der Waals surface area contributed by atoms with Gasteiger partial charge in [-0.1, -0.05) is 48.5 Å². The molecular weight excluding hydrogens is 474 g/mol. The molecule has 0 radical (unpaired) electrons. The Hall–Kier alpha value is -3.62. The normalized spacial score (nSPS) is 14.7. The zero-order valence-corrected chi connectivity index (χ0v) is 21.2. The highest BCUT2D eigenvalue weighted by molar-refractivity contribution is 7.91. The summed E-state index contributed by atoms with van der Waals surface area (Å²) in [5.41, 5.74) is 2.58. The highest BCUT2D eigenvalue weighted by Crippen LogP contribution is 2.40. The Morgan fingerprint density at radius 1 is 0.833 bits per heavy atom. The van der Waals surface area contributed by atoms with Crippen LogP contribution in [0.15, 0.2) is 88.8 Å². The summed E-state index contributed by atoms with van der Waals surface area (Å²) >= 11 is 0. The lowest BCUT2D eigenvalue weighted by molar-refractivity contribution is 0.249. The van der Waals surface area contributed by atoms with E-state index in [1.54, 1.807) is 44.6 Å². The lowest BCUT2D eigenvalue weighted by Crippen LogP contribution is -2.46. The van der Waals surface area contributed by atoms with Gasteiger partial charge in [-0.15, -0.1) is 0 Å². The second kappa shape index (κ2) is 10.2. The number of nitrogens with zero attached hydrogens (tertiary/aromatic N) is 3. The molecule has 2 heterocycles. The average molecular weight is 504 g/mol. The number of fused-ring (bicyclic) bond motifs is 1. The molecule has 0 saturated carbocycles. The van der Waals surface area contributed by atoms with Crippen LogP contribution >= 0.6 is 0 Å². The van der Waals surface area contributed by atoms with Crippen LogP contribution in [0.2, 0.25) is 0 Å². The summed E-state index contributed by atoms with van der Waals surface area (Å²) < 4.78 is 38.6. The molecule has 1 aliphatic rings. The summed E-state index contributed by atoms with van der Waals surface area (Å²) in [5.74, 6) is 1.08. The number of hydrogen-bond donors (Lipinski definition) is 0. The van der Waals surface area contributed by atoms with Gasteiger partial charge < -0.3 is 14.4 Å². The Bertz CT molecular complexity index is 1450. The number of hydrogen-bond acceptors (Lipinski definition) is 7. The average Bonchev–Trinajstić information content (AvgIpc) is 2.93. The molecule has 36 heavy (non-hydrogen) atoms. The van der Waals surface area contributed by atoms with E-state index >= 15 is 0 Å². The molecule has 0 N–H and O–H groups in total. The zero-order chi connectivity index (χ0) is 25.1. The molecule has 0 aliphatic carbocycles. The number of aromatic nitrogens is 1. The van der Waals surface area contributed by atoms with E-state index in [4.69, 9.17) is 9.47 Å². The fraction of sp³-hybridized carbons (Fsp3) is 0.250. The second-order valence-corrected chi connectivity index (χ2v) is 10.7. The van der Waals surface area contributed by atoms with Crippen LogP contribution in [0.4, 0.5) is 5.69 Å². The van der Waals surface area contributed by atoms with Gasteiger partial charge in [0.1, 0.15) is 4.90 Å². The van der Waals surface area contributed by atoms with Gasteiger partial charge in [-0.05, 0) is 23.8 Å². The number of anilines is 1. The summed E-state index contributed by atoms with van der Waals surface area (Å²) in [6, 6.07) is 22.5. The SMILES string of the molecule is COc1cc2ncc(S(=O)(=O)c3ccccc3)c(N3CCN(Cc4ccccc4)CC3)c2cc1OC. The van der Waals surface area contributed by atoms with Crippen molar-refractivity contribution >= 4 is 26.4 Å². The summed E-state index contributed by atoms with van der Waals surface area (Å²) in [5, 5.41) is 0.723. The minimum Gasteiger partial charge on any atom is -0.493 e. The van der Waals surface area contributed by atoms with Crippen LogP contribution in [0.25, 0.3) is 10.9 Å². The van der Waals surface area contributed by atoms with Crippen LogP contribution in [0, 0.1) is 0 Å². The number of pyridine rings is 1. The van der Waals surface area contributed by atoms with Gasteiger partial charge >= 0.3 is 0 Å². The van der Waals surface area contributed by atoms with Crippen LogP contribution in [-0.2, 0) is 16.4 Å². The van der Waals surface area contributed by atoms with Gasteiger partial charge in [-0.25, -0.2) is 8.42 Å². The van der Waals surface area contributed by atoms with E-state index < -0.39 is 9.84 Å². The van der Waals surface area contributed by atoms with Gasteiger partial charge in [0.05, 0.1) is 30.3 Å². The molecular formula is C28H29N3O4S. The Morgan fingerprint density at radius 2 is 1.44 bits per heavy atom. The summed E-state index contributed by atoms with van der Waals surface area (Å²) in [4.78, 5) is 9.53. The van der Waals surface area contributed by atoms with Crippen molar-refractivity contribution in [3.8, 4) is 11.5 Å². The molecule has 0 bridgehead atoms. The predicted octanol–water partition coefficient (Wildman–Crippen LogP) is 4.41. The Morgan fingerprint density at radius 3 is 2.08 bits per heavy atom. The van der Waals surface area contributed by atoms with Crippen molar-refractivity contribution in [2.24, 2.45) is 0 Å². The van der Waals surface area contributed by atoms with Gasteiger partial charge in [0, 0.05) is 50.4 Å². The van der Waals surface area contributed by atoms with Gasteiger partial charge in [-0.2, -0.15) is 0 Å². The van der Waals surface area contributed by atoms with Crippen LogP contribution in [0.3, 0.4) is 0 Å². The summed E-state index contributed by atoms with van der Waals surface area (Å²) in [7, 11) is -0.650. The molecule has 1 aliphatic heterocycles. The topological polar surface area (TPSA) is 72.0 Å². The first-order valence-electron chi connectivity index (χ1n) is 11.9. The third-order valence-electron chi connectivity index (χ3n) is 6.59. The quantitative estimate of drug-likeness (QED) is 0.370. The Labute approximate surface area is 211 Å². The molecule has 3 aromatic carbocycles. The van der Waals surface area contributed by atoms with Crippen molar-refractivity contribution in [2.45, 2.75) is 16.3 Å². The number of sulfone groups is 1. The highest BCUT2D eigenvalue weighted by Gasteiger charge is 2.29. The van der Waals surface area contributed by atoms with E-state index in [9.17, 15) is 8.42 Å². The van der Waals surface area contributed by atoms with Crippen LogP contribution in [-0.4, -0.2) is 58.7 Å². The fourth-order valence-corrected chi connectivity index (χ4v) is 6.16. The molecule has 186 valence electrons. The molecule has 1 fully saturated rings. The van der Waals surface area contributed by atoms with Crippen LogP contribution < -0.4 is 14.4 Å². The summed E-state index contributed by atoms with van der Waals surface area (Å²) in [6.07, 6.45) is 1.47. The van der Waals surface area contributed by atoms with E-state index in [0.717, 1.165) is 25.0 Å². The third-order valence-corrected chi connectivity index (χ3v) is 8.36. The van der Waals surface area contributed by atoms with Crippen molar-refractivity contribution in [2.75, 3.05) is 45.3 Å². The number of methoxy groups -OCH3 is 2.